The van der Waals surface area contributed by atoms with Gasteiger partial charge in [0.1, 0.15) is 8.07 Å². The molecule has 4 nitrogen and oxygen atoms in total. The summed E-state index contributed by atoms with van der Waals surface area (Å²) in [4.78, 5) is 12.3. The van der Waals surface area contributed by atoms with Crippen molar-refractivity contribution in [2.75, 3.05) is 0 Å². The summed E-state index contributed by atoms with van der Waals surface area (Å²) in [5, 5.41) is 3.27. The zero-order chi connectivity index (χ0) is 37.8. The molecule has 1 amide bonds. The van der Waals surface area contributed by atoms with Gasteiger partial charge in [0.15, 0.2) is 16.6 Å². The minimum atomic E-state index is -2.14. The predicted octanol–water partition coefficient (Wildman–Crippen LogP) is 12.3. The van der Waals surface area contributed by atoms with Crippen LogP contribution in [0.1, 0.15) is 130 Å². The molecule has 0 radical (unpaired) electrons. The summed E-state index contributed by atoms with van der Waals surface area (Å²) < 4.78 is 14.6. The average Bonchev–Trinajstić information content (AvgIpc) is 3.04. The van der Waals surface area contributed by atoms with Gasteiger partial charge in [-0.3, -0.25) is 4.79 Å². The van der Waals surface area contributed by atoms with Crippen LogP contribution in [0.25, 0.3) is 0 Å². The SMILES string of the molecule is CC[Si](C#C[C@]1(C)CCCC[C@@H]1/C=C(C)/C=C/[C@@H](C)[C@@H](O[Si](CC)(CC)CC)[C@H](C)[C@H](O[Si](C)(C)C(C)(C)C)[C@@H](C)NC(C)=O)(CC)CC. The molecule has 1 aliphatic carbocycles. The fourth-order valence-electron chi connectivity index (χ4n) is 7.61. The highest BCUT2D eigenvalue weighted by Crippen LogP contribution is 2.43. The maximum Gasteiger partial charge on any atom is 0.217 e. The maximum absolute atomic E-state index is 12.3. The molecule has 7 heteroatoms. The number of carbonyl (C=O) groups is 1. The Morgan fingerprint density at radius 1 is 0.898 bits per heavy atom. The normalized spacial score (nSPS) is 23.0. The fourth-order valence-corrected chi connectivity index (χ4v) is 14.7. The largest absolute Gasteiger partial charge is 0.413 e. The third-order valence-electron chi connectivity index (χ3n) is 13.1. The van der Waals surface area contributed by atoms with Gasteiger partial charge < -0.3 is 14.2 Å². The van der Waals surface area contributed by atoms with Gasteiger partial charge in [0, 0.05) is 18.3 Å². The molecule has 284 valence electrons. The molecule has 0 aromatic carbocycles. The van der Waals surface area contributed by atoms with Crippen LogP contribution in [0.15, 0.2) is 23.8 Å². The average molecular weight is 732 g/mol. The molecule has 1 fully saturated rings. The first kappa shape index (κ1) is 46.1. The van der Waals surface area contributed by atoms with Gasteiger partial charge in [-0.15, -0.1) is 11.5 Å². The molecule has 0 bridgehead atoms. The Hall–Kier alpha value is -0.919. The summed E-state index contributed by atoms with van der Waals surface area (Å²) in [5.41, 5.74) is 5.34. The van der Waals surface area contributed by atoms with E-state index in [2.05, 4.69) is 145 Å². The summed E-state index contributed by atoms with van der Waals surface area (Å²) in [6.07, 6.45) is 12.1. The zero-order valence-electron chi connectivity index (χ0n) is 35.5. The Morgan fingerprint density at radius 3 is 1.92 bits per heavy atom. The van der Waals surface area contributed by atoms with Gasteiger partial charge in [-0.2, -0.15) is 0 Å². The zero-order valence-corrected chi connectivity index (χ0v) is 38.5. The van der Waals surface area contributed by atoms with Crippen molar-refractivity contribution < 1.29 is 13.6 Å². The summed E-state index contributed by atoms with van der Waals surface area (Å²) in [5.74, 6) is 4.69. The molecule has 1 N–H and O–H groups in total. The van der Waals surface area contributed by atoms with E-state index in [4.69, 9.17) is 8.85 Å². The van der Waals surface area contributed by atoms with Gasteiger partial charge in [-0.25, -0.2) is 0 Å². The van der Waals surface area contributed by atoms with Crippen LogP contribution in [0, 0.1) is 34.6 Å². The molecule has 0 spiro atoms. The van der Waals surface area contributed by atoms with Gasteiger partial charge in [0.2, 0.25) is 5.91 Å². The highest BCUT2D eigenvalue weighted by atomic mass is 28.4. The van der Waals surface area contributed by atoms with Crippen LogP contribution in [-0.2, 0) is 13.6 Å². The lowest BCUT2D eigenvalue weighted by molar-refractivity contribution is -0.120. The molecule has 0 heterocycles. The molecular weight excluding hydrogens is 651 g/mol. The second-order valence-corrected chi connectivity index (χ2v) is 31.9. The van der Waals surface area contributed by atoms with E-state index >= 15 is 0 Å². The lowest BCUT2D eigenvalue weighted by Gasteiger charge is -2.46. The number of amides is 1. The van der Waals surface area contributed by atoms with Crippen molar-refractivity contribution in [1.82, 2.24) is 5.32 Å². The van der Waals surface area contributed by atoms with Crippen molar-refractivity contribution in [3.63, 3.8) is 0 Å². The fraction of sp³-hybridized carbons (Fsp3) is 0.833. The number of rotatable bonds is 18. The molecular formula is C42H81NO3Si3. The van der Waals surface area contributed by atoms with E-state index in [1.807, 2.05) is 0 Å². The van der Waals surface area contributed by atoms with Crippen LogP contribution in [-0.4, -0.2) is 48.9 Å². The van der Waals surface area contributed by atoms with E-state index in [0.717, 1.165) is 18.1 Å². The van der Waals surface area contributed by atoms with E-state index in [0.29, 0.717) is 5.92 Å². The molecule has 0 aromatic heterocycles. The van der Waals surface area contributed by atoms with Crippen LogP contribution in [0.3, 0.4) is 0 Å². The summed E-state index contributed by atoms with van der Waals surface area (Å²) in [6, 6.07) is 6.97. The molecule has 1 rings (SSSR count). The number of hydrogen-bond acceptors (Lipinski definition) is 3. The molecule has 49 heavy (non-hydrogen) atoms. The minimum Gasteiger partial charge on any atom is -0.413 e. The first-order chi connectivity index (χ1) is 22.6. The van der Waals surface area contributed by atoms with Crippen LogP contribution in [0.4, 0.5) is 0 Å². The van der Waals surface area contributed by atoms with Crippen molar-refractivity contribution in [3.8, 4) is 11.5 Å². The Balaban J connectivity index is 3.60. The van der Waals surface area contributed by atoms with Gasteiger partial charge in [-0.05, 0) is 99.8 Å². The Kier molecular flexibility index (Phi) is 18.6. The molecule has 0 saturated heterocycles. The Morgan fingerprint density at radius 2 is 1.45 bits per heavy atom. The van der Waals surface area contributed by atoms with Crippen molar-refractivity contribution in [1.29, 1.82) is 0 Å². The van der Waals surface area contributed by atoms with Gasteiger partial charge in [0.25, 0.3) is 0 Å². The van der Waals surface area contributed by atoms with Gasteiger partial charge in [0.05, 0.1) is 18.2 Å². The summed E-state index contributed by atoms with van der Waals surface area (Å²) in [7, 11) is -5.58. The third-order valence-corrected chi connectivity index (χ3v) is 26.9. The van der Waals surface area contributed by atoms with Crippen molar-refractivity contribution in [2.45, 2.75) is 202 Å². The molecule has 1 aliphatic rings. The number of carbonyl (C=O) groups excluding carboxylic acids is 1. The minimum absolute atomic E-state index is 0.0115. The molecule has 7 atom stereocenters. The van der Waals surface area contributed by atoms with E-state index in [-0.39, 0.29) is 46.4 Å². The molecule has 0 unspecified atom stereocenters. The van der Waals surface area contributed by atoms with E-state index in [9.17, 15) is 4.79 Å². The second kappa shape index (κ2) is 19.8. The number of allylic oxidation sites excluding steroid dienone is 3. The lowest BCUT2D eigenvalue weighted by Crippen LogP contribution is -2.56. The van der Waals surface area contributed by atoms with Crippen molar-refractivity contribution >= 4 is 30.6 Å². The van der Waals surface area contributed by atoms with E-state index < -0.39 is 24.7 Å². The van der Waals surface area contributed by atoms with Crippen LogP contribution >= 0.6 is 0 Å². The van der Waals surface area contributed by atoms with Crippen molar-refractivity contribution in [3.05, 3.63) is 23.8 Å². The lowest BCUT2D eigenvalue weighted by atomic mass is 9.67. The predicted molar refractivity (Wildman–Crippen MR) is 224 cm³/mol. The van der Waals surface area contributed by atoms with Crippen LogP contribution < -0.4 is 5.32 Å². The smallest absolute Gasteiger partial charge is 0.217 e. The Bertz CT molecular complexity index is 1120. The van der Waals surface area contributed by atoms with Crippen LogP contribution in [0.5, 0.6) is 0 Å². The van der Waals surface area contributed by atoms with E-state index in [1.165, 1.54) is 49.4 Å². The summed E-state index contributed by atoms with van der Waals surface area (Å²) >= 11 is 0. The highest BCUT2D eigenvalue weighted by molar-refractivity contribution is 6.87. The molecule has 0 aliphatic heterocycles. The Labute approximate surface area is 309 Å². The summed E-state index contributed by atoms with van der Waals surface area (Å²) in [6.45, 7) is 38.6. The van der Waals surface area contributed by atoms with E-state index in [1.54, 1.807) is 6.92 Å². The monoisotopic (exact) mass is 732 g/mol. The first-order valence-electron chi connectivity index (χ1n) is 20.2. The standard InChI is InChI=1S/C42H81NO3Si3/c1-18-48(19-2,20-3)31-30-42(15)29-25-24-26-38(42)32-33(7)27-28-34(8)39(46-49(21-4,22-5)23-6)35(9)40(36(10)43-37(11)44)45-47(16,17)41(12,13)14/h27-28,32,34-36,38-40H,18-26,29H2,1-17H3,(H,43,44)/b28-27+,33-32+/t34-,35+,36-,38-,39-,40+,42+/m1/s1. The maximum atomic E-state index is 12.3. The highest BCUT2D eigenvalue weighted by Gasteiger charge is 2.45. The third kappa shape index (κ3) is 12.9. The van der Waals surface area contributed by atoms with Gasteiger partial charge in [-0.1, -0.05) is 113 Å². The number of hydrogen-bond donors (Lipinski definition) is 1. The molecule has 1 saturated carbocycles. The second-order valence-electron chi connectivity index (χ2n) is 17.5. The number of nitrogens with one attached hydrogen (secondary N) is 1. The van der Waals surface area contributed by atoms with Crippen LogP contribution in [0.2, 0.25) is 54.4 Å². The van der Waals surface area contributed by atoms with Crippen molar-refractivity contribution in [2.24, 2.45) is 23.2 Å². The quantitative estimate of drug-likeness (QED) is 0.0867. The van der Waals surface area contributed by atoms with Gasteiger partial charge >= 0.3 is 0 Å². The molecule has 0 aromatic rings. The topological polar surface area (TPSA) is 47.6 Å². The first-order valence-corrected chi connectivity index (χ1v) is 28.2.